The fourth-order valence-electron chi connectivity index (χ4n) is 0.907. The van der Waals surface area contributed by atoms with Crippen LogP contribution in [0.25, 0.3) is 0 Å². The molecule has 0 aliphatic rings. The van der Waals surface area contributed by atoms with E-state index < -0.39 is 11.9 Å². The van der Waals surface area contributed by atoms with Crippen LogP contribution in [0, 0.1) is 0 Å². The Bertz CT molecular complexity index is 423. The van der Waals surface area contributed by atoms with E-state index in [1.54, 1.807) is 6.07 Å². The highest BCUT2D eigenvalue weighted by Gasteiger charge is 2.08. The number of alkyl halides is 1. The number of halogens is 3. The summed E-state index contributed by atoms with van der Waals surface area (Å²) in [7, 11) is 0. The fourth-order valence-corrected chi connectivity index (χ4v) is 1.31. The van der Waals surface area contributed by atoms with Gasteiger partial charge in [0.2, 0.25) is 5.91 Å². The molecular formula is C9H7Cl3N2O2. The van der Waals surface area contributed by atoms with Gasteiger partial charge in [-0.05, 0) is 18.2 Å². The smallest absolute Gasteiger partial charge is 0.306 e. The lowest BCUT2D eigenvalue weighted by Gasteiger charge is -2.07. The first-order valence-corrected chi connectivity index (χ1v) is 5.44. The summed E-state index contributed by atoms with van der Waals surface area (Å²) in [6.07, 6.45) is 0. The molecule has 0 saturated heterocycles. The summed E-state index contributed by atoms with van der Waals surface area (Å²) in [5.74, 6) is -0.895. The quantitative estimate of drug-likeness (QED) is 0.819. The van der Waals surface area contributed by atoms with Gasteiger partial charge in [-0.15, -0.1) is 11.6 Å². The Balaban J connectivity index is 2.69. The van der Waals surface area contributed by atoms with Crippen LogP contribution >= 0.6 is 34.8 Å². The van der Waals surface area contributed by atoms with Crippen molar-refractivity contribution in [1.29, 1.82) is 0 Å². The molecule has 0 aromatic heterocycles. The molecule has 0 spiro atoms. The molecule has 0 radical (unpaired) electrons. The first kappa shape index (κ1) is 13.1. The number of hydrogen-bond donors (Lipinski definition) is 2. The van der Waals surface area contributed by atoms with Gasteiger partial charge in [0, 0.05) is 5.02 Å². The molecule has 0 unspecified atom stereocenters. The van der Waals surface area contributed by atoms with Crippen LogP contribution in [0.3, 0.4) is 0 Å². The average molecular weight is 282 g/mol. The maximum absolute atomic E-state index is 11.2. The van der Waals surface area contributed by atoms with Crippen LogP contribution in [0.5, 0.6) is 0 Å². The molecule has 1 rings (SSSR count). The van der Waals surface area contributed by atoms with Crippen LogP contribution in [0.2, 0.25) is 10.0 Å². The minimum Gasteiger partial charge on any atom is -0.306 e. The summed E-state index contributed by atoms with van der Waals surface area (Å²) in [6, 6.07) is 3.86. The third-order valence-corrected chi connectivity index (χ3v) is 2.36. The lowest BCUT2D eigenvalue weighted by Crippen LogP contribution is -2.35. The molecule has 0 atom stereocenters. The summed E-state index contributed by atoms with van der Waals surface area (Å²) >= 11 is 16.7. The molecule has 0 fully saturated rings. The molecule has 7 heteroatoms. The predicted molar refractivity (Wildman–Crippen MR) is 64.3 cm³/mol. The van der Waals surface area contributed by atoms with E-state index in [9.17, 15) is 9.59 Å². The number of benzene rings is 1. The predicted octanol–water partition coefficient (Wildman–Crippen LogP) is 2.88. The third kappa shape index (κ3) is 3.89. The molecule has 1 aromatic carbocycles. The fraction of sp³-hybridized carbons (Fsp3) is 0.111. The van der Waals surface area contributed by atoms with Crippen molar-refractivity contribution in [3.63, 3.8) is 0 Å². The van der Waals surface area contributed by atoms with Crippen molar-refractivity contribution in [3.8, 4) is 0 Å². The second-order valence-electron chi connectivity index (χ2n) is 2.76. The topological polar surface area (TPSA) is 58.2 Å². The summed E-state index contributed by atoms with van der Waals surface area (Å²) in [5.41, 5.74) is 0.314. The van der Waals surface area contributed by atoms with E-state index in [2.05, 4.69) is 5.32 Å². The second kappa shape index (κ2) is 5.94. The Morgan fingerprint density at radius 3 is 2.56 bits per heavy atom. The lowest BCUT2D eigenvalue weighted by atomic mass is 10.3. The van der Waals surface area contributed by atoms with Crippen molar-refractivity contribution >= 4 is 52.4 Å². The molecule has 0 saturated carbocycles. The molecule has 4 nitrogen and oxygen atoms in total. The minimum atomic E-state index is -0.713. The van der Waals surface area contributed by atoms with Crippen LogP contribution in [0.4, 0.5) is 10.5 Å². The summed E-state index contributed by atoms with van der Waals surface area (Å²) in [6.45, 7) is 0. The Morgan fingerprint density at radius 2 is 1.94 bits per heavy atom. The van der Waals surface area contributed by atoms with E-state index >= 15 is 0 Å². The first-order chi connectivity index (χ1) is 7.52. The van der Waals surface area contributed by atoms with Gasteiger partial charge in [-0.3, -0.25) is 10.1 Å². The van der Waals surface area contributed by atoms with Gasteiger partial charge in [-0.1, -0.05) is 23.2 Å². The molecule has 16 heavy (non-hydrogen) atoms. The molecule has 0 bridgehead atoms. The van der Waals surface area contributed by atoms with E-state index in [4.69, 9.17) is 34.8 Å². The standard InChI is InChI=1S/C9H7Cl3N2O2/c10-4-8(15)14-9(16)13-7-3-5(11)1-2-6(7)12/h1-3H,4H2,(H2,13,14,15,16). The van der Waals surface area contributed by atoms with E-state index in [0.717, 1.165) is 0 Å². The molecular weight excluding hydrogens is 274 g/mol. The van der Waals surface area contributed by atoms with Gasteiger partial charge in [0.15, 0.2) is 0 Å². The minimum absolute atomic E-state index is 0.295. The summed E-state index contributed by atoms with van der Waals surface area (Å²) < 4.78 is 0. The largest absolute Gasteiger partial charge is 0.325 e. The Kier molecular flexibility index (Phi) is 4.86. The molecule has 86 valence electrons. The molecule has 1 aromatic rings. The van der Waals surface area contributed by atoms with E-state index in [0.29, 0.717) is 15.7 Å². The maximum atomic E-state index is 11.2. The normalized spacial score (nSPS) is 9.69. The van der Waals surface area contributed by atoms with Gasteiger partial charge in [-0.2, -0.15) is 0 Å². The Morgan fingerprint density at radius 1 is 1.25 bits per heavy atom. The number of carbonyl (C=O) groups is 2. The van der Waals surface area contributed by atoms with E-state index in [-0.39, 0.29) is 5.88 Å². The van der Waals surface area contributed by atoms with Gasteiger partial charge in [0.1, 0.15) is 5.88 Å². The molecule has 2 N–H and O–H groups in total. The lowest BCUT2D eigenvalue weighted by molar-refractivity contribution is -0.117. The molecule has 0 heterocycles. The highest BCUT2D eigenvalue weighted by Crippen LogP contribution is 2.25. The van der Waals surface area contributed by atoms with Crippen molar-refractivity contribution in [2.45, 2.75) is 0 Å². The van der Waals surface area contributed by atoms with E-state index in [1.807, 2.05) is 5.32 Å². The monoisotopic (exact) mass is 280 g/mol. The number of imide groups is 1. The molecule has 0 aliphatic heterocycles. The van der Waals surface area contributed by atoms with Crippen molar-refractivity contribution in [2.24, 2.45) is 0 Å². The first-order valence-electron chi connectivity index (χ1n) is 4.15. The van der Waals surface area contributed by atoms with Gasteiger partial charge in [0.05, 0.1) is 10.7 Å². The molecule has 3 amide bonds. The van der Waals surface area contributed by atoms with Crippen LogP contribution in [-0.4, -0.2) is 17.8 Å². The summed E-state index contributed by atoms with van der Waals surface area (Å²) in [4.78, 5) is 22.0. The second-order valence-corrected chi connectivity index (χ2v) is 3.87. The van der Waals surface area contributed by atoms with Crippen molar-refractivity contribution in [2.75, 3.05) is 11.2 Å². The van der Waals surface area contributed by atoms with Crippen LogP contribution < -0.4 is 10.6 Å². The van der Waals surface area contributed by atoms with Gasteiger partial charge in [-0.25, -0.2) is 4.79 Å². The van der Waals surface area contributed by atoms with Crippen LogP contribution in [0.15, 0.2) is 18.2 Å². The zero-order chi connectivity index (χ0) is 12.1. The Labute approximate surface area is 107 Å². The van der Waals surface area contributed by atoms with E-state index in [1.165, 1.54) is 12.1 Å². The van der Waals surface area contributed by atoms with Gasteiger partial charge >= 0.3 is 6.03 Å². The number of hydrogen-bond acceptors (Lipinski definition) is 2. The number of carbonyl (C=O) groups excluding carboxylic acids is 2. The SMILES string of the molecule is O=C(CCl)NC(=O)Nc1cc(Cl)ccc1Cl. The number of anilines is 1. The number of urea groups is 1. The maximum Gasteiger partial charge on any atom is 0.325 e. The highest BCUT2D eigenvalue weighted by molar-refractivity contribution is 6.35. The molecule has 0 aliphatic carbocycles. The number of nitrogens with one attached hydrogen (secondary N) is 2. The number of rotatable bonds is 2. The van der Waals surface area contributed by atoms with Gasteiger partial charge in [0.25, 0.3) is 0 Å². The van der Waals surface area contributed by atoms with Crippen LogP contribution in [0.1, 0.15) is 0 Å². The average Bonchev–Trinajstić information content (AvgIpc) is 2.23. The van der Waals surface area contributed by atoms with Crippen molar-refractivity contribution < 1.29 is 9.59 Å². The van der Waals surface area contributed by atoms with Crippen LogP contribution in [-0.2, 0) is 4.79 Å². The zero-order valence-electron chi connectivity index (χ0n) is 7.89. The number of amides is 3. The zero-order valence-corrected chi connectivity index (χ0v) is 10.2. The highest BCUT2D eigenvalue weighted by atomic mass is 35.5. The third-order valence-electron chi connectivity index (χ3n) is 1.55. The van der Waals surface area contributed by atoms with Crippen molar-refractivity contribution in [3.05, 3.63) is 28.2 Å². The van der Waals surface area contributed by atoms with Gasteiger partial charge < -0.3 is 5.32 Å². The van der Waals surface area contributed by atoms with Crippen molar-refractivity contribution in [1.82, 2.24) is 5.32 Å². The summed E-state index contributed by atoms with van der Waals surface area (Å²) in [5, 5.41) is 5.11. The Hall–Kier alpha value is -0.970.